The van der Waals surface area contributed by atoms with Crippen LogP contribution in [0.3, 0.4) is 0 Å². The highest BCUT2D eigenvalue weighted by Gasteiger charge is 2.31. The van der Waals surface area contributed by atoms with E-state index in [1.165, 1.54) is 4.31 Å². The number of carboxylic acids is 1. The molecule has 0 aromatic heterocycles. The van der Waals surface area contributed by atoms with Gasteiger partial charge in [-0.15, -0.1) is 5.92 Å². The van der Waals surface area contributed by atoms with Crippen molar-refractivity contribution in [3.05, 3.63) is 29.8 Å². The van der Waals surface area contributed by atoms with Crippen molar-refractivity contribution in [1.29, 1.82) is 0 Å². The maximum atomic E-state index is 12.3. The summed E-state index contributed by atoms with van der Waals surface area (Å²) in [5.74, 6) is 4.60. The van der Waals surface area contributed by atoms with Gasteiger partial charge >= 0.3 is 5.97 Å². The maximum absolute atomic E-state index is 12.3. The minimum atomic E-state index is -3.30. The van der Waals surface area contributed by atoms with Crippen LogP contribution in [0.2, 0.25) is 0 Å². The Balaban J connectivity index is 1.90. The molecule has 0 bridgehead atoms. The third-order valence-corrected chi connectivity index (χ3v) is 5.83. The van der Waals surface area contributed by atoms with Crippen LogP contribution >= 0.6 is 0 Å². The number of benzene rings is 1. The largest absolute Gasteiger partial charge is 0.481 e. The van der Waals surface area contributed by atoms with Crippen molar-refractivity contribution in [2.24, 2.45) is 0 Å². The Morgan fingerprint density at radius 3 is 2.34 bits per heavy atom. The van der Waals surface area contributed by atoms with Gasteiger partial charge in [0, 0.05) is 38.3 Å². The van der Waals surface area contributed by atoms with Gasteiger partial charge in [-0.3, -0.25) is 14.5 Å². The van der Waals surface area contributed by atoms with Gasteiger partial charge in [0.05, 0.1) is 6.26 Å². The maximum Gasteiger partial charge on any atom is 0.322 e. The average Bonchev–Trinajstić information content (AvgIpc) is 2.68. The molecule has 0 unspecified atom stereocenters. The number of carbonyl (C=O) groups excluding carboxylic acids is 1. The van der Waals surface area contributed by atoms with Crippen molar-refractivity contribution in [2.45, 2.75) is 13.0 Å². The zero-order valence-corrected chi connectivity index (χ0v) is 17.2. The SMILES string of the molecule is CC#CCOc1ccc(C(=O)NC[C@@H](C(=O)O)N2CCN(S(C)(=O)=O)CC2)cc1. The van der Waals surface area contributed by atoms with Crippen LogP contribution in [0, 0.1) is 11.8 Å². The summed E-state index contributed by atoms with van der Waals surface area (Å²) >= 11 is 0. The third kappa shape index (κ3) is 6.74. The number of ether oxygens (including phenoxy) is 1. The predicted molar refractivity (Wildman–Crippen MR) is 107 cm³/mol. The molecule has 2 N–H and O–H groups in total. The summed E-state index contributed by atoms with van der Waals surface area (Å²) in [4.78, 5) is 25.6. The minimum Gasteiger partial charge on any atom is -0.481 e. The first kappa shape index (κ1) is 22.7. The molecule has 0 radical (unpaired) electrons. The van der Waals surface area contributed by atoms with Gasteiger partial charge in [-0.2, -0.15) is 4.31 Å². The van der Waals surface area contributed by atoms with E-state index < -0.39 is 27.9 Å². The molecule has 0 spiro atoms. The highest BCUT2D eigenvalue weighted by molar-refractivity contribution is 7.88. The van der Waals surface area contributed by atoms with Crippen molar-refractivity contribution >= 4 is 21.9 Å². The molecule has 29 heavy (non-hydrogen) atoms. The van der Waals surface area contributed by atoms with E-state index in [-0.39, 0.29) is 39.3 Å². The van der Waals surface area contributed by atoms with E-state index in [9.17, 15) is 23.1 Å². The molecule has 1 aliphatic rings. The van der Waals surface area contributed by atoms with E-state index in [1.54, 1.807) is 36.1 Å². The van der Waals surface area contributed by atoms with Crippen LogP contribution < -0.4 is 10.1 Å². The van der Waals surface area contributed by atoms with Gasteiger partial charge in [0.15, 0.2) is 0 Å². The van der Waals surface area contributed by atoms with Crippen LogP contribution in [-0.2, 0) is 14.8 Å². The monoisotopic (exact) mass is 423 g/mol. The first-order valence-corrected chi connectivity index (χ1v) is 10.9. The molecule has 1 aromatic rings. The molecule has 2 rings (SSSR count). The predicted octanol–water partition coefficient (Wildman–Crippen LogP) is -0.151. The van der Waals surface area contributed by atoms with E-state index >= 15 is 0 Å². The summed E-state index contributed by atoms with van der Waals surface area (Å²) in [6.07, 6.45) is 1.13. The normalized spacial score (nSPS) is 16.3. The number of nitrogens with one attached hydrogen (secondary N) is 1. The average molecular weight is 423 g/mol. The van der Waals surface area contributed by atoms with Crippen LogP contribution in [0.25, 0.3) is 0 Å². The Morgan fingerprint density at radius 2 is 1.83 bits per heavy atom. The number of carboxylic acid groups (broad SMARTS) is 1. The van der Waals surface area contributed by atoms with Gasteiger partial charge < -0.3 is 15.2 Å². The smallest absolute Gasteiger partial charge is 0.322 e. The summed E-state index contributed by atoms with van der Waals surface area (Å²) in [6.45, 7) is 2.90. The van der Waals surface area contributed by atoms with Gasteiger partial charge in [0.1, 0.15) is 18.4 Å². The molecule has 1 heterocycles. The van der Waals surface area contributed by atoms with Crippen molar-refractivity contribution in [3.63, 3.8) is 0 Å². The molecule has 0 saturated carbocycles. The van der Waals surface area contributed by atoms with Crippen molar-refractivity contribution in [2.75, 3.05) is 45.6 Å². The van der Waals surface area contributed by atoms with Crippen molar-refractivity contribution in [1.82, 2.24) is 14.5 Å². The Labute approximate surface area is 170 Å². The molecule has 0 aliphatic carbocycles. The number of hydrogen-bond donors (Lipinski definition) is 2. The number of hydrogen-bond acceptors (Lipinski definition) is 6. The Kier molecular flexibility index (Phi) is 8.01. The van der Waals surface area contributed by atoms with Crippen molar-refractivity contribution < 1.29 is 27.9 Å². The van der Waals surface area contributed by atoms with Crippen LogP contribution in [0.4, 0.5) is 0 Å². The van der Waals surface area contributed by atoms with E-state index in [1.807, 2.05) is 0 Å². The number of carbonyl (C=O) groups is 2. The topological polar surface area (TPSA) is 116 Å². The number of sulfonamides is 1. The summed E-state index contributed by atoms with van der Waals surface area (Å²) in [5, 5.41) is 12.2. The number of rotatable bonds is 8. The molecular formula is C19H25N3O6S. The zero-order chi connectivity index (χ0) is 21.4. The van der Waals surface area contributed by atoms with E-state index in [0.29, 0.717) is 11.3 Å². The van der Waals surface area contributed by atoms with Crippen LogP contribution in [0.5, 0.6) is 5.75 Å². The summed E-state index contributed by atoms with van der Waals surface area (Å²) < 4.78 is 29.9. The van der Waals surface area contributed by atoms with Gasteiger partial charge in [-0.05, 0) is 31.2 Å². The number of nitrogens with zero attached hydrogens (tertiary/aromatic N) is 2. The van der Waals surface area contributed by atoms with Gasteiger partial charge in [0.25, 0.3) is 5.91 Å². The Bertz CT molecular complexity index is 881. The molecule has 1 aromatic carbocycles. The standard InChI is InChI=1S/C19H25N3O6S/c1-3-4-13-28-16-7-5-15(6-8-16)18(23)20-14-17(19(24)25)21-9-11-22(12-10-21)29(2,26)27/h5-8,17H,9-14H2,1-2H3,(H,20,23)(H,24,25)/t17-/m0/s1. The zero-order valence-electron chi connectivity index (χ0n) is 16.4. The van der Waals surface area contributed by atoms with E-state index in [0.717, 1.165) is 6.26 Å². The fraction of sp³-hybridized carbons (Fsp3) is 0.474. The first-order chi connectivity index (χ1) is 13.7. The Hall–Kier alpha value is -2.61. The Morgan fingerprint density at radius 1 is 1.21 bits per heavy atom. The molecule has 10 heteroatoms. The fourth-order valence-corrected chi connectivity index (χ4v) is 3.73. The first-order valence-electron chi connectivity index (χ1n) is 9.05. The second-order valence-electron chi connectivity index (χ2n) is 6.50. The summed E-state index contributed by atoms with van der Waals surface area (Å²) in [5.41, 5.74) is 0.380. The van der Waals surface area contributed by atoms with Crippen LogP contribution in [-0.4, -0.2) is 86.2 Å². The fourth-order valence-electron chi connectivity index (χ4n) is 2.91. The lowest BCUT2D eigenvalue weighted by Crippen LogP contribution is -2.56. The van der Waals surface area contributed by atoms with E-state index in [4.69, 9.17) is 4.74 Å². The minimum absolute atomic E-state index is 0.0859. The highest BCUT2D eigenvalue weighted by atomic mass is 32.2. The van der Waals surface area contributed by atoms with Gasteiger partial charge in [0.2, 0.25) is 10.0 Å². The molecule has 9 nitrogen and oxygen atoms in total. The number of amides is 1. The van der Waals surface area contributed by atoms with Gasteiger partial charge in [-0.1, -0.05) is 5.92 Å². The van der Waals surface area contributed by atoms with Gasteiger partial charge in [-0.25, -0.2) is 8.42 Å². The molecule has 1 fully saturated rings. The lowest BCUT2D eigenvalue weighted by molar-refractivity contribution is -0.143. The molecule has 158 valence electrons. The summed E-state index contributed by atoms with van der Waals surface area (Å²) in [6, 6.07) is 5.53. The molecule has 1 saturated heterocycles. The third-order valence-electron chi connectivity index (χ3n) is 4.53. The van der Waals surface area contributed by atoms with Crippen LogP contribution in [0.1, 0.15) is 17.3 Å². The lowest BCUT2D eigenvalue weighted by Gasteiger charge is -2.36. The van der Waals surface area contributed by atoms with E-state index in [2.05, 4.69) is 17.2 Å². The molecule has 1 atom stereocenters. The number of piperazine rings is 1. The lowest BCUT2D eigenvalue weighted by atomic mass is 10.1. The van der Waals surface area contributed by atoms with Crippen molar-refractivity contribution in [3.8, 4) is 17.6 Å². The highest BCUT2D eigenvalue weighted by Crippen LogP contribution is 2.13. The number of aliphatic carboxylic acids is 1. The second-order valence-corrected chi connectivity index (χ2v) is 8.48. The van der Waals surface area contributed by atoms with Crippen LogP contribution in [0.15, 0.2) is 24.3 Å². The second kappa shape index (κ2) is 10.2. The quantitative estimate of drug-likeness (QED) is 0.559. The molecule has 1 amide bonds. The molecule has 1 aliphatic heterocycles. The molecular weight excluding hydrogens is 398 g/mol. The summed E-state index contributed by atoms with van der Waals surface area (Å²) in [7, 11) is -3.30.